The molecule has 0 saturated carbocycles. The third kappa shape index (κ3) is 3.41. The van der Waals surface area contributed by atoms with E-state index in [1.165, 1.54) is 24.3 Å². The molecule has 0 aliphatic carbocycles. The van der Waals surface area contributed by atoms with Crippen LogP contribution in [0.15, 0.2) is 58.8 Å². The second-order valence-electron chi connectivity index (χ2n) is 5.21. The van der Waals surface area contributed by atoms with Crippen LogP contribution in [0.2, 0.25) is 0 Å². The molecule has 9 nitrogen and oxygen atoms in total. The number of nitrogens with zero attached hydrogens (tertiary/aromatic N) is 2. The summed E-state index contributed by atoms with van der Waals surface area (Å²) in [5, 5.41) is 28.4. The number of carboxylic acid groups (broad SMARTS) is 1. The molecule has 0 spiro atoms. The first-order valence-electron chi connectivity index (χ1n) is 7.36. The number of fused-ring (bicyclic) bond motifs is 1. The lowest BCUT2D eigenvalue weighted by molar-refractivity contribution is -0.134. The topological polar surface area (TPSA) is 144 Å². The number of anilines is 1. The highest BCUT2D eigenvalue weighted by Gasteiger charge is 2.15. The zero-order valence-corrected chi connectivity index (χ0v) is 13.1. The van der Waals surface area contributed by atoms with Crippen molar-refractivity contribution in [2.45, 2.75) is 0 Å². The third-order valence-corrected chi connectivity index (χ3v) is 3.48. The first kappa shape index (κ1) is 16.8. The summed E-state index contributed by atoms with van der Waals surface area (Å²) in [6, 6.07) is 12.1. The van der Waals surface area contributed by atoms with E-state index in [0.29, 0.717) is 10.9 Å². The van der Waals surface area contributed by atoms with Gasteiger partial charge in [0.1, 0.15) is 0 Å². The number of aromatic carboxylic acids is 1. The summed E-state index contributed by atoms with van der Waals surface area (Å²) in [4.78, 5) is 37.1. The van der Waals surface area contributed by atoms with E-state index in [1.807, 2.05) is 0 Å². The molecule has 1 heterocycles. The summed E-state index contributed by atoms with van der Waals surface area (Å²) in [6.07, 6.45) is 0. The van der Waals surface area contributed by atoms with E-state index < -0.39 is 17.8 Å². The number of hydrogen-bond donors (Lipinski definition) is 4. The summed E-state index contributed by atoms with van der Waals surface area (Å²) in [5.41, 5.74) is 0.934. The molecule has 0 fully saturated rings. The number of amides is 2. The van der Waals surface area contributed by atoms with Gasteiger partial charge < -0.3 is 20.5 Å². The first-order valence-corrected chi connectivity index (χ1v) is 7.36. The van der Waals surface area contributed by atoms with E-state index in [0.717, 1.165) is 0 Å². The maximum Gasteiger partial charge on any atom is 0.353 e. The number of azo groups is 1. The molecule has 0 aliphatic heterocycles. The van der Waals surface area contributed by atoms with Crippen molar-refractivity contribution in [1.29, 1.82) is 0 Å². The Morgan fingerprint density at radius 3 is 2.38 bits per heavy atom. The minimum Gasteiger partial charge on any atom is -0.493 e. The van der Waals surface area contributed by atoms with Gasteiger partial charge in [0, 0.05) is 11.1 Å². The number of H-pyrrole nitrogens is 1. The fourth-order valence-corrected chi connectivity index (χ4v) is 2.24. The quantitative estimate of drug-likeness (QED) is 0.423. The number of benzene rings is 2. The molecule has 26 heavy (non-hydrogen) atoms. The lowest BCUT2D eigenvalue weighted by atomic mass is 10.2. The molecular formula is C17H12N4O5. The van der Waals surface area contributed by atoms with Gasteiger partial charge in [-0.3, -0.25) is 9.59 Å². The van der Waals surface area contributed by atoms with Crippen LogP contribution in [0.1, 0.15) is 10.4 Å². The Hall–Kier alpha value is -4.01. The van der Waals surface area contributed by atoms with Gasteiger partial charge in [0.2, 0.25) is 5.88 Å². The maximum atomic E-state index is 11.8. The molecule has 3 rings (SSSR count). The normalized spacial score (nSPS) is 10.9. The number of rotatable bonds is 3. The van der Waals surface area contributed by atoms with E-state index in [9.17, 15) is 19.5 Å². The van der Waals surface area contributed by atoms with Crippen molar-refractivity contribution in [2.75, 3.05) is 5.32 Å². The van der Waals surface area contributed by atoms with E-state index in [-0.39, 0.29) is 22.8 Å². The molecule has 0 atom stereocenters. The van der Waals surface area contributed by atoms with Crippen LogP contribution in [-0.2, 0) is 9.59 Å². The number of nitrogens with one attached hydrogen (secondary N) is 2. The van der Waals surface area contributed by atoms with Crippen LogP contribution in [0.4, 0.5) is 11.4 Å². The van der Waals surface area contributed by atoms with E-state index in [2.05, 4.69) is 20.5 Å². The van der Waals surface area contributed by atoms with Crippen LogP contribution in [0, 0.1) is 0 Å². The average Bonchev–Trinajstić information content (AvgIpc) is 2.95. The van der Waals surface area contributed by atoms with Crippen LogP contribution in [0.5, 0.6) is 5.88 Å². The molecule has 9 heteroatoms. The van der Waals surface area contributed by atoms with Crippen molar-refractivity contribution >= 4 is 40.1 Å². The molecule has 0 saturated heterocycles. The SMILES string of the molecule is O=C(N=Nc1c(O)[nH]c2ccccc12)C(=O)Nc1ccc(C(=O)O)cc1. The number of aromatic amines is 1. The van der Waals surface area contributed by atoms with Crippen LogP contribution in [-0.4, -0.2) is 33.0 Å². The van der Waals surface area contributed by atoms with Crippen molar-refractivity contribution in [1.82, 2.24) is 4.98 Å². The van der Waals surface area contributed by atoms with Crippen molar-refractivity contribution < 1.29 is 24.6 Å². The summed E-state index contributed by atoms with van der Waals surface area (Å²) < 4.78 is 0. The molecule has 0 radical (unpaired) electrons. The van der Waals surface area contributed by atoms with Gasteiger partial charge in [-0.1, -0.05) is 18.2 Å². The fraction of sp³-hybridized carbons (Fsp3) is 0. The molecule has 0 aliphatic rings. The number of carboxylic acids is 1. The molecule has 3 aromatic rings. The Bertz CT molecular complexity index is 1040. The molecule has 2 aromatic carbocycles. The summed E-state index contributed by atoms with van der Waals surface area (Å²) in [5.74, 6) is -3.59. The molecule has 2 amide bonds. The Morgan fingerprint density at radius 1 is 1.00 bits per heavy atom. The van der Waals surface area contributed by atoms with Gasteiger partial charge in [-0.25, -0.2) is 4.79 Å². The zero-order chi connectivity index (χ0) is 18.7. The van der Waals surface area contributed by atoms with Crippen molar-refractivity contribution in [2.24, 2.45) is 10.2 Å². The van der Waals surface area contributed by atoms with Gasteiger partial charge in [0.15, 0.2) is 5.69 Å². The number of para-hydroxylation sites is 1. The minimum absolute atomic E-state index is 0.0452. The number of carbonyl (C=O) groups excluding carboxylic acids is 2. The Balaban J connectivity index is 1.72. The van der Waals surface area contributed by atoms with Gasteiger partial charge in [-0.2, -0.15) is 0 Å². The monoisotopic (exact) mass is 352 g/mol. The predicted octanol–water partition coefficient (Wildman–Crippen LogP) is 2.82. The van der Waals surface area contributed by atoms with Gasteiger partial charge in [-0.15, -0.1) is 10.2 Å². The second kappa shape index (κ2) is 6.85. The average molecular weight is 352 g/mol. The summed E-state index contributed by atoms with van der Waals surface area (Å²) in [6.45, 7) is 0. The standard InChI is InChI=1S/C17H12N4O5/c22-14-13(11-3-1-2-4-12(11)19-14)20-21-16(24)15(23)18-10-7-5-9(6-8-10)17(25)26/h1-8,19,22H,(H,18,23)(H,25,26). The lowest BCUT2D eigenvalue weighted by Gasteiger charge is -2.02. The molecule has 130 valence electrons. The molecule has 0 bridgehead atoms. The largest absolute Gasteiger partial charge is 0.493 e. The third-order valence-electron chi connectivity index (χ3n) is 3.48. The Kier molecular flexibility index (Phi) is 4.44. The van der Waals surface area contributed by atoms with Gasteiger partial charge in [0.25, 0.3) is 0 Å². The number of aromatic nitrogens is 1. The van der Waals surface area contributed by atoms with Crippen LogP contribution >= 0.6 is 0 Å². The summed E-state index contributed by atoms with van der Waals surface area (Å²) >= 11 is 0. The highest BCUT2D eigenvalue weighted by atomic mass is 16.4. The van der Waals surface area contributed by atoms with Gasteiger partial charge in [0.05, 0.1) is 11.1 Å². The number of aromatic hydroxyl groups is 1. The highest BCUT2D eigenvalue weighted by Crippen LogP contribution is 2.35. The van der Waals surface area contributed by atoms with Crippen molar-refractivity contribution in [3.05, 3.63) is 54.1 Å². The molecule has 1 aromatic heterocycles. The maximum absolute atomic E-state index is 11.8. The van der Waals surface area contributed by atoms with E-state index >= 15 is 0 Å². The fourth-order valence-electron chi connectivity index (χ4n) is 2.24. The first-order chi connectivity index (χ1) is 12.5. The van der Waals surface area contributed by atoms with Gasteiger partial charge in [-0.05, 0) is 30.3 Å². The van der Waals surface area contributed by atoms with Crippen molar-refractivity contribution in [3.8, 4) is 5.88 Å². The van der Waals surface area contributed by atoms with Crippen LogP contribution in [0.25, 0.3) is 10.9 Å². The molecule has 4 N–H and O–H groups in total. The smallest absolute Gasteiger partial charge is 0.353 e. The second-order valence-corrected chi connectivity index (χ2v) is 5.21. The van der Waals surface area contributed by atoms with Crippen LogP contribution in [0.3, 0.4) is 0 Å². The van der Waals surface area contributed by atoms with Crippen molar-refractivity contribution in [3.63, 3.8) is 0 Å². The highest BCUT2D eigenvalue weighted by molar-refractivity contribution is 6.40. The van der Waals surface area contributed by atoms with Crippen LogP contribution < -0.4 is 5.32 Å². The Morgan fingerprint density at radius 2 is 1.69 bits per heavy atom. The zero-order valence-electron chi connectivity index (χ0n) is 13.1. The van der Waals surface area contributed by atoms with E-state index in [1.54, 1.807) is 24.3 Å². The number of hydrogen-bond acceptors (Lipinski definition) is 5. The van der Waals surface area contributed by atoms with Gasteiger partial charge >= 0.3 is 17.8 Å². The predicted molar refractivity (Wildman–Crippen MR) is 91.5 cm³/mol. The minimum atomic E-state index is -1.17. The van der Waals surface area contributed by atoms with E-state index in [4.69, 9.17) is 5.11 Å². The lowest BCUT2D eigenvalue weighted by Crippen LogP contribution is -2.20. The summed E-state index contributed by atoms with van der Waals surface area (Å²) in [7, 11) is 0. The molecule has 0 unspecified atom stereocenters. The Labute approximate surface area is 146 Å². The number of carbonyl (C=O) groups is 3. The molecular weight excluding hydrogens is 340 g/mol.